The van der Waals surface area contributed by atoms with Gasteiger partial charge in [0.2, 0.25) is 0 Å². The molecule has 0 aromatic carbocycles. The Morgan fingerprint density at radius 2 is 1.94 bits per heavy atom. The highest BCUT2D eigenvalue weighted by atomic mass is 28.4. The second-order valence-electron chi connectivity index (χ2n) is 4.49. The molecule has 0 heterocycles. The maximum absolute atomic E-state index is 6.01. The van der Waals surface area contributed by atoms with Gasteiger partial charge in [0.25, 0.3) is 0 Å². The van der Waals surface area contributed by atoms with Gasteiger partial charge in [0.1, 0.15) is 0 Å². The lowest BCUT2D eigenvalue weighted by Gasteiger charge is -2.27. The van der Waals surface area contributed by atoms with Crippen LogP contribution in [-0.4, -0.2) is 21.3 Å². The van der Waals surface area contributed by atoms with E-state index in [9.17, 15) is 0 Å². The number of hydrogen-bond donors (Lipinski definition) is 0. The smallest absolute Gasteiger partial charge is 0.361 e. The summed E-state index contributed by atoms with van der Waals surface area (Å²) in [6.07, 6.45) is 6.10. The molecule has 0 N–H and O–H groups in total. The minimum absolute atomic E-state index is 0.283. The van der Waals surface area contributed by atoms with Crippen molar-refractivity contribution in [3.63, 3.8) is 0 Å². The fourth-order valence-electron chi connectivity index (χ4n) is 1.63. The van der Waals surface area contributed by atoms with Gasteiger partial charge >= 0.3 is 8.56 Å². The summed E-state index contributed by atoms with van der Waals surface area (Å²) < 4.78 is 11.9. The van der Waals surface area contributed by atoms with E-state index in [0.717, 1.165) is 25.9 Å². The third-order valence-electron chi connectivity index (χ3n) is 2.64. The van der Waals surface area contributed by atoms with Gasteiger partial charge in [0.05, 0.1) is 0 Å². The standard InChI is InChI=1S/C13H28O2Si/c1-6-9-10-12-14-16(5,8-3)15-13(4)11-7-2/h8,13H,3,6-7,9-12H2,1-2,4-5H3. The van der Waals surface area contributed by atoms with Crippen molar-refractivity contribution in [1.29, 1.82) is 0 Å². The van der Waals surface area contributed by atoms with Gasteiger partial charge in [-0.2, -0.15) is 0 Å². The van der Waals surface area contributed by atoms with Crippen molar-refractivity contribution in [2.24, 2.45) is 0 Å². The first-order chi connectivity index (χ1) is 7.58. The zero-order chi connectivity index (χ0) is 12.4. The first-order valence-corrected chi connectivity index (χ1v) is 8.92. The maximum atomic E-state index is 6.01. The van der Waals surface area contributed by atoms with Gasteiger partial charge in [-0.15, -0.1) is 6.58 Å². The Morgan fingerprint density at radius 1 is 1.25 bits per heavy atom. The zero-order valence-electron chi connectivity index (χ0n) is 11.4. The molecule has 0 saturated carbocycles. The molecular formula is C13H28O2Si. The van der Waals surface area contributed by atoms with E-state index in [-0.39, 0.29) is 6.10 Å². The molecule has 0 spiro atoms. The van der Waals surface area contributed by atoms with Gasteiger partial charge in [0.15, 0.2) is 0 Å². The summed E-state index contributed by atoms with van der Waals surface area (Å²) in [5.41, 5.74) is 1.89. The molecule has 96 valence electrons. The van der Waals surface area contributed by atoms with Crippen LogP contribution in [0, 0.1) is 0 Å². The van der Waals surface area contributed by atoms with E-state index in [1.807, 2.05) is 5.70 Å². The van der Waals surface area contributed by atoms with Crippen LogP contribution in [0.2, 0.25) is 6.55 Å². The molecule has 0 radical (unpaired) electrons. The molecule has 2 atom stereocenters. The Hall–Kier alpha value is -0.123. The van der Waals surface area contributed by atoms with Crippen molar-refractivity contribution in [3.8, 4) is 0 Å². The second kappa shape index (κ2) is 8.96. The van der Waals surface area contributed by atoms with Crippen molar-refractivity contribution in [2.75, 3.05) is 6.61 Å². The van der Waals surface area contributed by atoms with E-state index in [0.29, 0.717) is 0 Å². The SMILES string of the molecule is C=C[Si](C)(OCCCCC)OC(C)CCC. The molecule has 0 fully saturated rings. The van der Waals surface area contributed by atoms with Crippen LogP contribution < -0.4 is 0 Å². The van der Waals surface area contributed by atoms with E-state index in [1.54, 1.807) is 0 Å². The molecule has 0 aliphatic carbocycles. The summed E-state index contributed by atoms with van der Waals surface area (Å²) in [5.74, 6) is 0. The minimum atomic E-state index is -2.11. The van der Waals surface area contributed by atoms with Gasteiger partial charge in [-0.25, -0.2) is 0 Å². The normalized spacial score (nSPS) is 16.8. The molecule has 0 aliphatic rings. The summed E-state index contributed by atoms with van der Waals surface area (Å²) in [5, 5.41) is 0. The molecule has 0 saturated heterocycles. The molecule has 0 rings (SSSR count). The average molecular weight is 244 g/mol. The lowest BCUT2D eigenvalue weighted by Crippen LogP contribution is -2.40. The predicted octanol–water partition coefficient (Wildman–Crippen LogP) is 4.20. The van der Waals surface area contributed by atoms with Crippen LogP contribution in [0.3, 0.4) is 0 Å². The topological polar surface area (TPSA) is 18.5 Å². The third kappa shape index (κ3) is 7.20. The Labute approximate surface area is 102 Å². The highest BCUT2D eigenvalue weighted by molar-refractivity contribution is 6.71. The highest BCUT2D eigenvalue weighted by Crippen LogP contribution is 2.15. The van der Waals surface area contributed by atoms with E-state index < -0.39 is 8.56 Å². The van der Waals surface area contributed by atoms with Crippen molar-refractivity contribution in [2.45, 2.75) is 65.5 Å². The number of hydrogen-bond acceptors (Lipinski definition) is 2. The van der Waals surface area contributed by atoms with Crippen LogP contribution in [0.25, 0.3) is 0 Å². The van der Waals surface area contributed by atoms with Crippen molar-refractivity contribution in [3.05, 3.63) is 12.3 Å². The van der Waals surface area contributed by atoms with E-state index >= 15 is 0 Å². The quantitative estimate of drug-likeness (QED) is 0.424. The maximum Gasteiger partial charge on any atom is 0.361 e. The van der Waals surface area contributed by atoms with Gasteiger partial charge < -0.3 is 8.85 Å². The molecule has 0 amide bonds. The summed E-state index contributed by atoms with van der Waals surface area (Å²) >= 11 is 0. The molecule has 0 aromatic rings. The highest BCUT2D eigenvalue weighted by Gasteiger charge is 2.29. The third-order valence-corrected chi connectivity index (χ3v) is 5.03. The van der Waals surface area contributed by atoms with Crippen LogP contribution in [0.1, 0.15) is 52.9 Å². The van der Waals surface area contributed by atoms with Crippen molar-refractivity contribution < 1.29 is 8.85 Å². The van der Waals surface area contributed by atoms with Gasteiger partial charge in [-0.1, -0.05) is 33.1 Å². The Kier molecular flexibility index (Phi) is 8.90. The first kappa shape index (κ1) is 15.9. The monoisotopic (exact) mass is 244 g/mol. The summed E-state index contributed by atoms with van der Waals surface area (Å²) in [6.45, 7) is 13.2. The molecule has 16 heavy (non-hydrogen) atoms. The van der Waals surface area contributed by atoms with Crippen LogP contribution in [0.4, 0.5) is 0 Å². The van der Waals surface area contributed by atoms with Crippen LogP contribution in [-0.2, 0) is 8.85 Å². The van der Waals surface area contributed by atoms with Crippen molar-refractivity contribution >= 4 is 8.56 Å². The van der Waals surface area contributed by atoms with Crippen LogP contribution in [0.15, 0.2) is 12.3 Å². The van der Waals surface area contributed by atoms with Gasteiger partial charge in [0, 0.05) is 12.7 Å². The lowest BCUT2D eigenvalue weighted by molar-refractivity contribution is 0.128. The summed E-state index contributed by atoms with van der Waals surface area (Å²) in [4.78, 5) is 0. The molecular weight excluding hydrogens is 216 g/mol. The van der Waals surface area contributed by atoms with Gasteiger partial charge in [-0.3, -0.25) is 0 Å². The van der Waals surface area contributed by atoms with Crippen molar-refractivity contribution in [1.82, 2.24) is 0 Å². The predicted molar refractivity (Wildman–Crippen MR) is 72.7 cm³/mol. The molecule has 2 unspecified atom stereocenters. The summed E-state index contributed by atoms with van der Waals surface area (Å²) in [7, 11) is -2.11. The Bertz CT molecular complexity index is 185. The van der Waals surface area contributed by atoms with Gasteiger partial charge in [-0.05, 0) is 32.0 Å². The second-order valence-corrected chi connectivity index (χ2v) is 7.46. The molecule has 3 heteroatoms. The Balaban J connectivity index is 3.94. The largest absolute Gasteiger partial charge is 0.391 e. The minimum Gasteiger partial charge on any atom is -0.391 e. The Morgan fingerprint density at radius 3 is 2.44 bits per heavy atom. The molecule has 2 nitrogen and oxygen atoms in total. The fourth-order valence-corrected chi connectivity index (χ4v) is 3.38. The first-order valence-electron chi connectivity index (χ1n) is 6.53. The van der Waals surface area contributed by atoms with E-state index in [2.05, 4.69) is 33.9 Å². The fraction of sp³-hybridized carbons (Fsp3) is 0.846. The van der Waals surface area contributed by atoms with E-state index in [4.69, 9.17) is 8.85 Å². The lowest BCUT2D eigenvalue weighted by atomic mass is 10.2. The zero-order valence-corrected chi connectivity index (χ0v) is 12.4. The van der Waals surface area contributed by atoms with E-state index in [1.165, 1.54) is 12.8 Å². The molecule has 0 aliphatic heterocycles. The van der Waals surface area contributed by atoms with Crippen LogP contribution in [0.5, 0.6) is 0 Å². The summed E-state index contributed by atoms with van der Waals surface area (Å²) in [6, 6.07) is 0. The number of unbranched alkanes of at least 4 members (excludes halogenated alkanes) is 2. The average Bonchev–Trinajstić information content (AvgIpc) is 2.25. The molecule has 0 bridgehead atoms. The van der Waals surface area contributed by atoms with Crippen LogP contribution >= 0.6 is 0 Å². The molecule has 0 aromatic heterocycles. The number of rotatable bonds is 10.